The third-order valence-corrected chi connectivity index (χ3v) is 3.12. The molecule has 1 N–H and O–H groups in total. The largest absolute Gasteiger partial charge is 0.383 e. The van der Waals surface area contributed by atoms with E-state index in [9.17, 15) is 4.79 Å². The third kappa shape index (κ3) is 3.94. The Kier molecular flexibility index (Phi) is 4.97. The molecule has 0 aliphatic carbocycles. The van der Waals surface area contributed by atoms with E-state index in [0.717, 1.165) is 0 Å². The molecule has 2 rings (SSSR count). The zero-order chi connectivity index (χ0) is 14.5. The number of morpholine rings is 1. The molecule has 1 aliphatic rings. The van der Waals surface area contributed by atoms with Crippen LogP contribution in [0.5, 0.6) is 0 Å². The van der Waals surface area contributed by atoms with Crippen LogP contribution in [0.1, 0.15) is 13.8 Å². The molecule has 1 aliphatic heterocycles. The van der Waals surface area contributed by atoms with Crippen molar-refractivity contribution < 1.29 is 14.3 Å². The number of amides is 2. The molecule has 2 heterocycles. The Balaban J connectivity index is 1.88. The van der Waals surface area contributed by atoms with E-state index in [4.69, 9.17) is 9.47 Å². The molecule has 2 amide bonds. The van der Waals surface area contributed by atoms with Crippen molar-refractivity contribution in [2.45, 2.75) is 32.6 Å². The summed E-state index contributed by atoms with van der Waals surface area (Å²) in [6.45, 7) is 6.41. The molecule has 7 nitrogen and oxygen atoms in total. The van der Waals surface area contributed by atoms with Crippen LogP contribution in [-0.2, 0) is 16.0 Å². The Hall–Kier alpha value is -1.60. The van der Waals surface area contributed by atoms with E-state index in [-0.39, 0.29) is 18.2 Å². The van der Waals surface area contributed by atoms with E-state index < -0.39 is 0 Å². The van der Waals surface area contributed by atoms with Gasteiger partial charge in [0.15, 0.2) is 0 Å². The highest BCUT2D eigenvalue weighted by Crippen LogP contribution is 2.13. The van der Waals surface area contributed by atoms with Crippen LogP contribution >= 0.6 is 0 Å². The Morgan fingerprint density at radius 1 is 1.50 bits per heavy atom. The van der Waals surface area contributed by atoms with Gasteiger partial charge in [-0.15, -0.1) is 0 Å². The maximum absolute atomic E-state index is 12.2. The first-order chi connectivity index (χ1) is 9.58. The summed E-state index contributed by atoms with van der Waals surface area (Å²) in [5, 5.41) is 7.02. The van der Waals surface area contributed by atoms with Gasteiger partial charge in [0.2, 0.25) is 0 Å². The van der Waals surface area contributed by atoms with Gasteiger partial charge in [-0.25, -0.2) is 4.79 Å². The lowest BCUT2D eigenvalue weighted by atomic mass is 10.2. The number of methoxy groups -OCH3 is 1. The summed E-state index contributed by atoms with van der Waals surface area (Å²) in [5.41, 5.74) is 0.693. The normalized spacial score (nSPS) is 22.9. The van der Waals surface area contributed by atoms with E-state index in [1.807, 2.05) is 13.8 Å². The lowest BCUT2D eigenvalue weighted by molar-refractivity contribution is -0.0530. The quantitative estimate of drug-likeness (QED) is 0.900. The van der Waals surface area contributed by atoms with E-state index in [2.05, 4.69) is 10.4 Å². The van der Waals surface area contributed by atoms with Crippen LogP contribution in [0.2, 0.25) is 0 Å². The van der Waals surface area contributed by atoms with Crippen molar-refractivity contribution in [1.29, 1.82) is 0 Å². The first-order valence-corrected chi connectivity index (χ1v) is 6.81. The highest BCUT2D eigenvalue weighted by molar-refractivity contribution is 5.89. The van der Waals surface area contributed by atoms with E-state index >= 15 is 0 Å². The van der Waals surface area contributed by atoms with Crippen LogP contribution in [0.15, 0.2) is 12.4 Å². The summed E-state index contributed by atoms with van der Waals surface area (Å²) < 4.78 is 12.3. The molecule has 0 bridgehead atoms. The number of anilines is 1. The van der Waals surface area contributed by atoms with Crippen molar-refractivity contribution in [2.24, 2.45) is 0 Å². The van der Waals surface area contributed by atoms with Gasteiger partial charge < -0.3 is 19.7 Å². The molecule has 1 saturated heterocycles. The first kappa shape index (κ1) is 14.8. The number of carbonyl (C=O) groups is 1. The molecule has 0 aromatic carbocycles. The molecular formula is C13H22N4O3. The van der Waals surface area contributed by atoms with Crippen molar-refractivity contribution >= 4 is 11.7 Å². The molecule has 112 valence electrons. The van der Waals surface area contributed by atoms with Gasteiger partial charge in [0, 0.05) is 26.4 Å². The van der Waals surface area contributed by atoms with Crippen LogP contribution in [0.3, 0.4) is 0 Å². The third-order valence-electron chi connectivity index (χ3n) is 3.12. The summed E-state index contributed by atoms with van der Waals surface area (Å²) in [6.07, 6.45) is 3.56. The molecule has 0 radical (unpaired) electrons. The highest BCUT2D eigenvalue weighted by atomic mass is 16.5. The number of nitrogens with one attached hydrogen (secondary N) is 1. The van der Waals surface area contributed by atoms with Crippen LogP contribution in [-0.4, -0.2) is 59.7 Å². The minimum absolute atomic E-state index is 0.0638. The average molecular weight is 282 g/mol. The van der Waals surface area contributed by atoms with Gasteiger partial charge in [0.25, 0.3) is 0 Å². The predicted molar refractivity (Wildman–Crippen MR) is 74.7 cm³/mol. The molecule has 1 fully saturated rings. The second-order valence-corrected chi connectivity index (χ2v) is 5.08. The summed E-state index contributed by atoms with van der Waals surface area (Å²) in [7, 11) is 1.65. The van der Waals surface area contributed by atoms with Crippen LogP contribution < -0.4 is 5.32 Å². The molecule has 2 atom stereocenters. The molecule has 1 aromatic rings. The van der Waals surface area contributed by atoms with Gasteiger partial charge in [0.05, 0.1) is 37.2 Å². The van der Waals surface area contributed by atoms with E-state index in [1.165, 1.54) is 0 Å². The smallest absolute Gasteiger partial charge is 0.322 e. The van der Waals surface area contributed by atoms with E-state index in [1.54, 1.807) is 29.1 Å². The predicted octanol–water partition coefficient (Wildman–Crippen LogP) is 1.17. The van der Waals surface area contributed by atoms with Gasteiger partial charge in [-0.1, -0.05) is 0 Å². The zero-order valence-corrected chi connectivity index (χ0v) is 12.2. The van der Waals surface area contributed by atoms with E-state index in [0.29, 0.717) is 31.9 Å². The van der Waals surface area contributed by atoms with Crippen molar-refractivity contribution in [3.63, 3.8) is 0 Å². The monoisotopic (exact) mass is 282 g/mol. The van der Waals surface area contributed by atoms with Crippen LogP contribution in [0.25, 0.3) is 0 Å². The number of nitrogens with zero attached hydrogens (tertiary/aromatic N) is 3. The second-order valence-electron chi connectivity index (χ2n) is 5.08. The summed E-state index contributed by atoms with van der Waals surface area (Å²) in [5.74, 6) is 0. The number of hydrogen-bond acceptors (Lipinski definition) is 4. The maximum Gasteiger partial charge on any atom is 0.322 e. The van der Waals surface area contributed by atoms with Crippen molar-refractivity contribution in [2.75, 3.05) is 32.1 Å². The number of rotatable bonds is 4. The number of hydrogen-bond donors (Lipinski definition) is 1. The Labute approximate surface area is 118 Å². The van der Waals surface area contributed by atoms with Gasteiger partial charge in [0.1, 0.15) is 0 Å². The van der Waals surface area contributed by atoms with Gasteiger partial charge in [-0.2, -0.15) is 5.10 Å². The van der Waals surface area contributed by atoms with Gasteiger partial charge in [-0.3, -0.25) is 4.68 Å². The standard InChI is InChI=1S/C13H22N4O3/c1-10-7-16(8-11(2)20-10)13(18)15-12-6-14-17(9-12)4-5-19-3/h6,9-11H,4-5,7-8H2,1-3H3,(H,15,18). The highest BCUT2D eigenvalue weighted by Gasteiger charge is 2.25. The van der Waals surface area contributed by atoms with Crippen molar-refractivity contribution in [1.82, 2.24) is 14.7 Å². The van der Waals surface area contributed by atoms with Crippen LogP contribution in [0.4, 0.5) is 10.5 Å². The van der Waals surface area contributed by atoms with Crippen LogP contribution in [0, 0.1) is 0 Å². The molecule has 20 heavy (non-hydrogen) atoms. The molecule has 2 unspecified atom stereocenters. The fourth-order valence-electron chi connectivity index (χ4n) is 2.28. The average Bonchev–Trinajstić information content (AvgIpc) is 2.82. The second kappa shape index (κ2) is 6.71. The van der Waals surface area contributed by atoms with Gasteiger partial charge in [-0.05, 0) is 13.8 Å². The Morgan fingerprint density at radius 2 is 2.20 bits per heavy atom. The molecule has 0 saturated carbocycles. The number of ether oxygens (including phenoxy) is 2. The SMILES string of the molecule is COCCn1cc(NC(=O)N2CC(C)OC(C)C2)cn1. The summed E-state index contributed by atoms with van der Waals surface area (Å²) >= 11 is 0. The zero-order valence-electron chi connectivity index (χ0n) is 12.2. The lowest BCUT2D eigenvalue weighted by Crippen LogP contribution is -2.49. The molecule has 7 heteroatoms. The minimum atomic E-state index is -0.113. The maximum atomic E-state index is 12.2. The van der Waals surface area contributed by atoms with Gasteiger partial charge >= 0.3 is 6.03 Å². The Bertz CT molecular complexity index is 439. The summed E-state index contributed by atoms with van der Waals surface area (Å²) in [6, 6.07) is -0.113. The fourth-order valence-corrected chi connectivity index (χ4v) is 2.28. The molecular weight excluding hydrogens is 260 g/mol. The fraction of sp³-hybridized carbons (Fsp3) is 0.692. The number of aromatic nitrogens is 2. The van der Waals surface area contributed by atoms with Crippen molar-refractivity contribution in [3.8, 4) is 0 Å². The minimum Gasteiger partial charge on any atom is -0.383 e. The Morgan fingerprint density at radius 3 is 2.85 bits per heavy atom. The summed E-state index contributed by atoms with van der Waals surface area (Å²) in [4.78, 5) is 13.9. The number of urea groups is 1. The molecule has 0 spiro atoms. The number of carbonyl (C=O) groups excluding carboxylic acids is 1. The lowest BCUT2D eigenvalue weighted by Gasteiger charge is -2.35. The van der Waals surface area contributed by atoms with Crippen molar-refractivity contribution in [3.05, 3.63) is 12.4 Å². The molecule has 1 aromatic heterocycles. The topological polar surface area (TPSA) is 68.6 Å². The first-order valence-electron chi connectivity index (χ1n) is 6.81.